The molecule has 1 aliphatic heterocycles. The lowest BCUT2D eigenvalue weighted by Crippen LogP contribution is -2.40. The van der Waals surface area contributed by atoms with Gasteiger partial charge in [-0.05, 0) is 24.9 Å². The smallest absolute Gasteiger partial charge is 0.237 e. The summed E-state index contributed by atoms with van der Waals surface area (Å²) in [5.74, 6) is 0.151. The second-order valence-electron chi connectivity index (χ2n) is 5.42. The molecule has 1 aromatic carbocycles. The Balaban J connectivity index is 2.02. The Morgan fingerprint density at radius 3 is 2.52 bits per heavy atom. The summed E-state index contributed by atoms with van der Waals surface area (Å²) in [5.41, 5.74) is 1.31. The quantitative estimate of drug-likeness (QED) is 0.719. The lowest BCUT2D eigenvalue weighted by atomic mass is 10.0. The normalized spacial score (nSPS) is 18.4. The van der Waals surface area contributed by atoms with Gasteiger partial charge < -0.3 is 4.90 Å². The molecule has 1 aromatic rings. The number of likely N-dealkylation sites (tertiary alicyclic amines) is 1. The minimum Gasteiger partial charge on any atom is -0.334 e. The molecule has 0 radical (unpaired) electrons. The number of benzene rings is 1. The van der Waals surface area contributed by atoms with Crippen molar-refractivity contribution in [1.29, 1.82) is 0 Å². The maximum absolute atomic E-state index is 12.4. The summed E-state index contributed by atoms with van der Waals surface area (Å²) in [4.78, 5) is 16.5. The van der Waals surface area contributed by atoms with Crippen LogP contribution in [0.1, 0.15) is 24.4 Å². The standard InChI is InChI=1S/C18H24N2O/c1-3-12-19(13-4-2)18(21)15-20-14-8-11-17(20)16-9-6-5-7-10-16/h3-7,9-10,17H,1-2,8,11-15H2. The molecule has 1 amide bonds. The summed E-state index contributed by atoms with van der Waals surface area (Å²) < 4.78 is 0. The fourth-order valence-electron chi connectivity index (χ4n) is 2.93. The first-order valence-electron chi connectivity index (χ1n) is 7.54. The Bertz CT molecular complexity index is 473. The fraction of sp³-hybridized carbons (Fsp3) is 0.389. The van der Waals surface area contributed by atoms with Crippen LogP contribution in [0.5, 0.6) is 0 Å². The average molecular weight is 284 g/mol. The van der Waals surface area contributed by atoms with Crippen LogP contribution in [0.3, 0.4) is 0 Å². The number of amides is 1. The summed E-state index contributed by atoms with van der Waals surface area (Å²) in [5, 5.41) is 0. The molecule has 0 saturated carbocycles. The highest BCUT2D eigenvalue weighted by Crippen LogP contribution is 2.31. The van der Waals surface area contributed by atoms with Gasteiger partial charge in [0.05, 0.1) is 6.54 Å². The van der Waals surface area contributed by atoms with Gasteiger partial charge in [-0.25, -0.2) is 0 Å². The second-order valence-corrected chi connectivity index (χ2v) is 5.42. The third-order valence-corrected chi connectivity index (χ3v) is 3.94. The van der Waals surface area contributed by atoms with Crippen molar-refractivity contribution >= 4 is 5.91 Å². The molecule has 0 aromatic heterocycles. The van der Waals surface area contributed by atoms with Crippen molar-refractivity contribution in [1.82, 2.24) is 9.80 Å². The van der Waals surface area contributed by atoms with Gasteiger partial charge in [-0.15, -0.1) is 13.2 Å². The van der Waals surface area contributed by atoms with Gasteiger partial charge in [0.15, 0.2) is 0 Å². The first-order valence-corrected chi connectivity index (χ1v) is 7.54. The SMILES string of the molecule is C=CCN(CC=C)C(=O)CN1CCCC1c1ccccc1. The summed E-state index contributed by atoms with van der Waals surface area (Å²) in [6, 6.07) is 10.8. The predicted molar refractivity (Wildman–Crippen MR) is 87.0 cm³/mol. The van der Waals surface area contributed by atoms with E-state index in [0.29, 0.717) is 25.7 Å². The molecule has 1 unspecified atom stereocenters. The van der Waals surface area contributed by atoms with E-state index in [1.807, 2.05) is 6.07 Å². The van der Waals surface area contributed by atoms with Gasteiger partial charge in [-0.3, -0.25) is 9.69 Å². The molecule has 112 valence electrons. The van der Waals surface area contributed by atoms with E-state index >= 15 is 0 Å². The fourth-order valence-corrected chi connectivity index (χ4v) is 2.93. The van der Waals surface area contributed by atoms with Gasteiger partial charge in [0.1, 0.15) is 0 Å². The number of hydrogen-bond acceptors (Lipinski definition) is 2. The molecule has 1 aliphatic rings. The van der Waals surface area contributed by atoms with E-state index in [4.69, 9.17) is 0 Å². The highest BCUT2D eigenvalue weighted by atomic mass is 16.2. The van der Waals surface area contributed by atoms with Crippen LogP contribution in [-0.2, 0) is 4.79 Å². The zero-order valence-electron chi connectivity index (χ0n) is 12.6. The Hall–Kier alpha value is -1.87. The van der Waals surface area contributed by atoms with Crippen molar-refractivity contribution in [3.8, 4) is 0 Å². The molecule has 3 heteroatoms. The van der Waals surface area contributed by atoms with E-state index in [2.05, 4.69) is 42.3 Å². The Morgan fingerprint density at radius 2 is 1.90 bits per heavy atom. The highest BCUT2D eigenvalue weighted by molar-refractivity contribution is 5.78. The largest absolute Gasteiger partial charge is 0.334 e. The maximum atomic E-state index is 12.4. The number of carbonyl (C=O) groups is 1. The lowest BCUT2D eigenvalue weighted by Gasteiger charge is -2.27. The van der Waals surface area contributed by atoms with Crippen molar-refractivity contribution in [3.63, 3.8) is 0 Å². The summed E-state index contributed by atoms with van der Waals surface area (Å²) in [6.45, 7) is 10.1. The van der Waals surface area contributed by atoms with Crippen molar-refractivity contribution in [2.24, 2.45) is 0 Å². The molecule has 0 N–H and O–H groups in total. The Morgan fingerprint density at radius 1 is 1.24 bits per heavy atom. The van der Waals surface area contributed by atoms with Crippen LogP contribution in [0.2, 0.25) is 0 Å². The van der Waals surface area contributed by atoms with Gasteiger partial charge in [0.25, 0.3) is 0 Å². The van der Waals surface area contributed by atoms with Gasteiger partial charge in [0, 0.05) is 19.1 Å². The Labute approximate surface area is 127 Å². The van der Waals surface area contributed by atoms with Crippen LogP contribution in [0.15, 0.2) is 55.6 Å². The van der Waals surface area contributed by atoms with Crippen LogP contribution < -0.4 is 0 Å². The van der Waals surface area contributed by atoms with Crippen LogP contribution in [-0.4, -0.2) is 41.9 Å². The number of nitrogens with zero attached hydrogens (tertiary/aromatic N) is 2. The number of rotatable bonds is 7. The summed E-state index contributed by atoms with van der Waals surface area (Å²) >= 11 is 0. The zero-order valence-corrected chi connectivity index (χ0v) is 12.6. The number of carbonyl (C=O) groups excluding carboxylic acids is 1. The highest BCUT2D eigenvalue weighted by Gasteiger charge is 2.28. The van der Waals surface area contributed by atoms with E-state index in [-0.39, 0.29) is 5.91 Å². The molecule has 0 bridgehead atoms. The van der Waals surface area contributed by atoms with Crippen LogP contribution in [0.4, 0.5) is 0 Å². The first-order chi connectivity index (χ1) is 10.3. The predicted octanol–water partition coefficient (Wildman–Crippen LogP) is 3.02. The molecule has 21 heavy (non-hydrogen) atoms. The third-order valence-electron chi connectivity index (χ3n) is 3.94. The molecule has 3 nitrogen and oxygen atoms in total. The Kier molecular flexibility index (Phi) is 5.76. The van der Waals surface area contributed by atoms with Crippen molar-refractivity contribution < 1.29 is 4.79 Å². The first kappa shape index (κ1) is 15.5. The van der Waals surface area contributed by atoms with E-state index < -0.39 is 0 Å². The van der Waals surface area contributed by atoms with Crippen molar-refractivity contribution in [2.75, 3.05) is 26.2 Å². The topological polar surface area (TPSA) is 23.6 Å². The minimum absolute atomic E-state index is 0.151. The van der Waals surface area contributed by atoms with Crippen molar-refractivity contribution in [3.05, 3.63) is 61.2 Å². The molecule has 1 atom stereocenters. The number of hydrogen-bond donors (Lipinski definition) is 0. The van der Waals surface area contributed by atoms with E-state index in [0.717, 1.165) is 19.4 Å². The summed E-state index contributed by atoms with van der Waals surface area (Å²) in [7, 11) is 0. The van der Waals surface area contributed by atoms with E-state index in [1.54, 1.807) is 17.1 Å². The minimum atomic E-state index is 0.151. The summed E-state index contributed by atoms with van der Waals surface area (Å²) in [6.07, 6.45) is 5.80. The molecular weight excluding hydrogens is 260 g/mol. The van der Waals surface area contributed by atoms with Crippen LogP contribution in [0.25, 0.3) is 0 Å². The molecule has 2 rings (SSSR count). The molecule has 1 saturated heterocycles. The molecule has 0 aliphatic carbocycles. The van der Waals surface area contributed by atoms with E-state index in [1.165, 1.54) is 5.56 Å². The van der Waals surface area contributed by atoms with Gasteiger partial charge in [-0.2, -0.15) is 0 Å². The third kappa shape index (κ3) is 4.05. The lowest BCUT2D eigenvalue weighted by molar-refractivity contribution is -0.131. The van der Waals surface area contributed by atoms with Gasteiger partial charge in [0.2, 0.25) is 5.91 Å². The van der Waals surface area contributed by atoms with Crippen LogP contribution >= 0.6 is 0 Å². The average Bonchev–Trinajstić information content (AvgIpc) is 2.96. The zero-order chi connectivity index (χ0) is 15.1. The second kappa shape index (κ2) is 7.79. The van der Waals surface area contributed by atoms with Gasteiger partial charge in [-0.1, -0.05) is 42.5 Å². The van der Waals surface area contributed by atoms with Gasteiger partial charge >= 0.3 is 0 Å². The van der Waals surface area contributed by atoms with Crippen molar-refractivity contribution in [2.45, 2.75) is 18.9 Å². The molecule has 1 fully saturated rings. The van der Waals surface area contributed by atoms with E-state index in [9.17, 15) is 4.79 Å². The monoisotopic (exact) mass is 284 g/mol. The molecule has 0 spiro atoms. The molecular formula is C18H24N2O. The molecule has 1 heterocycles. The maximum Gasteiger partial charge on any atom is 0.237 e. The van der Waals surface area contributed by atoms with Crippen LogP contribution in [0, 0.1) is 0 Å².